The van der Waals surface area contributed by atoms with E-state index in [2.05, 4.69) is 25.8 Å². The standard InChI is InChI=1S/C13H17N5OS/c1-3-14-13-15-6-9(20-13)12(19)16-11-7(2)10(17-18-11)8-4-5-8/h6,8H,3-5H2,1-2H3,(H,14,15)(H2,16,17,18,19). The van der Waals surface area contributed by atoms with Crippen molar-refractivity contribution in [2.75, 3.05) is 17.2 Å². The number of carbonyl (C=O) groups is 1. The lowest BCUT2D eigenvalue weighted by molar-refractivity contribution is 0.103. The third kappa shape index (κ3) is 2.53. The SMILES string of the molecule is CCNc1ncc(C(=O)Nc2n[nH]c(C3CC3)c2C)s1. The minimum atomic E-state index is -0.163. The van der Waals surface area contributed by atoms with Crippen molar-refractivity contribution in [2.45, 2.75) is 32.6 Å². The molecule has 7 heteroatoms. The Bertz CT molecular complexity index is 628. The Hall–Kier alpha value is -1.89. The van der Waals surface area contributed by atoms with E-state index >= 15 is 0 Å². The molecule has 1 saturated carbocycles. The maximum absolute atomic E-state index is 12.2. The monoisotopic (exact) mass is 291 g/mol. The maximum atomic E-state index is 12.2. The van der Waals surface area contributed by atoms with Crippen molar-refractivity contribution in [3.63, 3.8) is 0 Å². The molecule has 0 saturated heterocycles. The van der Waals surface area contributed by atoms with Crippen molar-refractivity contribution in [3.8, 4) is 0 Å². The second kappa shape index (κ2) is 5.24. The van der Waals surface area contributed by atoms with Crippen LogP contribution in [0.2, 0.25) is 0 Å². The molecule has 0 radical (unpaired) electrons. The molecular formula is C13H17N5OS. The Morgan fingerprint density at radius 3 is 3.05 bits per heavy atom. The molecular weight excluding hydrogens is 274 g/mol. The van der Waals surface area contributed by atoms with Crippen LogP contribution in [-0.4, -0.2) is 27.6 Å². The van der Waals surface area contributed by atoms with Crippen LogP contribution in [0.15, 0.2) is 6.20 Å². The molecule has 3 N–H and O–H groups in total. The first-order valence-corrected chi connectivity index (χ1v) is 7.56. The number of hydrogen-bond donors (Lipinski definition) is 3. The second-order valence-corrected chi connectivity index (χ2v) is 5.93. The zero-order chi connectivity index (χ0) is 14.1. The van der Waals surface area contributed by atoms with E-state index in [9.17, 15) is 4.79 Å². The van der Waals surface area contributed by atoms with Gasteiger partial charge in [0.15, 0.2) is 10.9 Å². The highest BCUT2D eigenvalue weighted by atomic mass is 32.1. The number of anilines is 2. The van der Waals surface area contributed by atoms with Crippen LogP contribution in [0.1, 0.15) is 46.6 Å². The quantitative estimate of drug-likeness (QED) is 0.791. The molecule has 1 aliphatic rings. The van der Waals surface area contributed by atoms with Gasteiger partial charge in [0.2, 0.25) is 0 Å². The lowest BCUT2D eigenvalue weighted by Crippen LogP contribution is -2.11. The van der Waals surface area contributed by atoms with Gasteiger partial charge in [-0.25, -0.2) is 4.98 Å². The Labute approximate surface area is 121 Å². The Balaban J connectivity index is 1.71. The fraction of sp³-hybridized carbons (Fsp3) is 0.462. The average molecular weight is 291 g/mol. The topological polar surface area (TPSA) is 82.7 Å². The number of amides is 1. The fourth-order valence-electron chi connectivity index (χ4n) is 2.08. The molecule has 0 aromatic carbocycles. The van der Waals surface area contributed by atoms with Crippen LogP contribution in [0.3, 0.4) is 0 Å². The molecule has 6 nitrogen and oxygen atoms in total. The van der Waals surface area contributed by atoms with E-state index in [1.165, 1.54) is 24.2 Å². The highest BCUT2D eigenvalue weighted by molar-refractivity contribution is 7.17. The molecule has 1 fully saturated rings. The Kier molecular flexibility index (Phi) is 3.43. The van der Waals surface area contributed by atoms with Gasteiger partial charge in [-0.15, -0.1) is 0 Å². The van der Waals surface area contributed by atoms with Gasteiger partial charge >= 0.3 is 0 Å². The summed E-state index contributed by atoms with van der Waals surface area (Å²) in [5, 5.41) is 13.9. The average Bonchev–Trinajstić information content (AvgIpc) is 3.06. The van der Waals surface area contributed by atoms with E-state index in [-0.39, 0.29) is 5.91 Å². The van der Waals surface area contributed by atoms with E-state index in [1.807, 2.05) is 13.8 Å². The summed E-state index contributed by atoms with van der Waals surface area (Å²) in [6.45, 7) is 4.77. The molecule has 2 aromatic rings. The van der Waals surface area contributed by atoms with Gasteiger partial charge in [-0.05, 0) is 26.7 Å². The number of rotatable bonds is 5. The molecule has 1 amide bonds. The van der Waals surface area contributed by atoms with Gasteiger partial charge in [0.25, 0.3) is 5.91 Å². The first-order chi connectivity index (χ1) is 9.69. The number of aromatic amines is 1. The van der Waals surface area contributed by atoms with Crippen LogP contribution in [0.4, 0.5) is 10.9 Å². The van der Waals surface area contributed by atoms with Gasteiger partial charge < -0.3 is 10.6 Å². The van der Waals surface area contributed by atoms with Gasteiger partial charge in [-0.1, -0.05) is 11.3 Å². The summed E-state index contributed by atoms with van der Waals surface area (Å²) in [6, 6.07) is 0. The van der Waals surface area contributed by atoms with Crippen LogP contribution in [-0.2, 0) is 0 Å². The van der Waals surface area contributed by atoms with Gasteiger partial charge in [0.05, 0.1) is 6.20 Å². The molecule has 0 unspecified atom stereocenters. The Morgan fingerprint density at radius 2 is 2.35 bits per heavy atom. The normalized spacial score (nSPS) is 14.3. The molecule has 3 rings (SSSR count). The summed E-state index contributed by atoms with van der Waals surface area (Å²) >= 11 is 1.34. The van der Waals surface area contributed by atoms with Crippen molar-refractivity contribution >= 4 is 28.2 Å². The van der Waals surface area contributed by atoms with E-state index in [0.717, 1.165) is 22.9 Å². The molecule has 0 spiro atoms. The lowest BCUT2D eigenvalue weighted by atomic mass is 10.2. The zero-order valence-electron chi connectivity index (χ0n) is 11.5. The highest BCUT2D eigenvalue weighted by Crippen LogP contribution is 2.41. The van der Waals surface area contributed by atoms with E-state index < -0.39 is 0 Å². The van der Waals surface area contributed by atoms with E-state index in [0.29, 0.717) is 16.6 Å². The number of nitrogens with one attached hydrogen (secondary N) is 3. The van der Waals surface area contributed by atoms with Crippen LogP contribution in [0, 0.1) is 6.92 Å². The predicted molar refractivity (Wildman–Crippen MR) is 79.5 cm³/mol. The molecule has 2 heterocycles. The molecule has 1 aliphatic carbocycles. The second-order valence-electron chi connectivity index (χ2n) is 4.90. The summed E-state index contributed by atoms with van der Waals surface area (Å²) in [7, 11) is 0. The minimum absolute atomic E-state index is 0.163. The molecule has 20 heavy (non-hydrogen) atoms. The van der Waals surface area contributed by atoms with Gasteiger partial charge in [0.1, 0.15) is 4.88 Å². The fourth-order valence-corrected chi connectivity index (χ4v) is 2.86. The summed E-state index contributed by atoms with van der Waals surface area (Å²) in [5.74, 6) is 1.05. The maximum Gasteiger partial charge on any atom is 0.268 e. The number of H-pyrrole nitrogens is 1. The first-order valence-electron chi connectivity index (χ1n) is 6.75. The molecule has 106 valence electrons. The van der Waals surface area contributed by atoms with E-state index in [1.54, 1.807) is 6.20 Å². The van der Waals surface area contributed by atoms with Crippen molar-refractivity contribution < 1.29 is 4.79 Å². The van der Waals surface area contributed by atoms with Crippen LogP contribution >= 0.6 is 11.3 Å². The number of thiazole rings is 1. The molecule has 0 aliphatic heterocycles. The summed E-state index contributed by atoms with van der Waals surface area (Å²) < 4.78 is 0. The summed E-state index contributed by atoms with van der Waals surface area (Å²) in [6.07, 6.45) is 4.00. The third-order valence-electron chi connectivity index (χ3n) is 3.32. The number of carbonyl (C=O) groups excluding carboxylic acids is 1. The van der Waals surface area contributed by atoms with Crippen LogP contribution < -0.4 is 10.6 Å². The summed E-state index contributed by atoms with van der Waals surface area (Å²) in [4.78, 5) is 16.9. The highest BCUT2D eigenvalue weighted by Gasteiger charge is 2.28. The van der Waals surface area contributed by atoms with Gasteiger partial charge in [-0.2, -0.15) is 5.10 Å². The van der Waals surface area contributed by atoms with Crippen molar-refractivity contribution in [1.29, 1.82) is 0 Å². The van der Waals surface area contributed by atoms with Crippen LogP contribution in [0.5, 0.6) is 0 Å². The molecule has 2 aromatic heterocycles. The van der Waals surface area contributed by atoms with Gasteiger partial charge in [0, 0.05) is 23.7 Å². The zero-order valence-corrected chi connectivity index (χ0v) is 12.3. The van der Waals surface area contributed by atoms with Crippen molar-refractivity contribution in [1.82, 2.24) is 15.2 Å². The molecule has 0 atom stereocenters. The predicted octanol–water partition coefficient (Wildman–Crippen LogP) is 2.74. The number of hydrogen-bond acceptors (Lipinski definition) is 5. The van der Waals surface area contributed by atoms with E-state index in [4.69, 9.17) is 0 Å². The molecule has 0 bridgehead atoms. The lowest BCUT2D eigenvalue weighted by Gasteiger charge is -2.01. The largest absolute Gasteiger partial charge is 0.362 e. The summed E-state index contributed by atoms with van der Waals surface area (Å²) in [5.41, 5.74) is 2.19. The van der Waals surface area contributed by atoms with Crippen molar-refractivity contribution in [3.05, 3.63) is 22.3 Å². The third-order valence-corrected chi connectivity index (χ3v) is 4.28. The van der Waals surface area contributed by atoms with Crippen molar-refractivity contribution in [2.24, 2.45) is 0 Å². The Morgan fingerprint density at radius 1 is 1.55 bits per heavy atom. The minimum Gasteiger partial charge on any atom is -0.362 e. The smallest absolute Gasteiger partial charge is 0.268 e. The number of nitrogens with zero attached hydrogens (tertiary/aromatic N) is 2. The first kappa shape index (κ1) is 13.1. The van der Waals surface area contributed by atoms with Gasteiger partial charge in [-0.3, -0.25) is 9.89 Å². The number of aromatic nitrogens is 3. The van der Waals surface area contributed by atoms with Crippen LogP contribution in [0.25, 0.3) is 0 Å².